The maximum Gasteiger partial charge on any atom is 0.145 e. The van der Waals surface area contributed by atoms with Crippen LogP contribution in [0, 0.1) is 18.3 Å². The topological polar surface area (TPSA) is 62.0 Å². The third-order valence-corrected chi connectivity index (χ3v) is 3.00. The summed E-state index contributed by atoms with van der Waals surface area (Å²) >= 11 is 0. The number of anilines is 1. The molecule has 0 aliphatic heterocycles. The maximum atomic E-state index is 8.87. The molecule has 1 heterocycles. The van der Waals surface area contributed by atoms with E-state index in [0.29, 0.717) is 18.1 Å². The molecule has 0 bridgehead atoms. The van der Waals surface area contributed by atoms with Crippen LogP contribution in [0.1, 0.15) is 16.8 Å². The third kappa shape index (κ3) is 3.04. The summed E-state index contributed by atoms with van der Waals surface area (Å²) in [5.41, 5.74) is 2.61. The van der Waals surface area contributed by atoms with Gasteiger partial charge >= 0.3 is 0 Å². The highest BCUT2D eigenvalue weighted by molar-refractivity contribution is 5.45. The van der Waals surface area contributed by atoms with Crippen molar-refractivity contribution in [2.75, 3.05) is 19.1 Å². The van der Waals surface area contributed by atoms with E-state index in [1.165, 1.54) is 11.9 Å². The van der Waals surface area contributed by atoms with Crippen LogP contribution in [-0.2, 0) is 6.54 Å². The van der Waals surface area contributed by atoms with Gasteiger partial charge in [-0.25, -0.2) is 9.97 Å². The zero-order valence-corrected chi connectivity index (χ0v) is 11.8. The van der Waals surface area contributed by atoms with Gasteiger partial charge in [0.2, 0.25) is 0 Å². The molecule has 0 N–H and O–H groups in total. The second-order valence-corrected chi connectivity index (χ2v) is 4.54. The highest BCUT2D eigenvalue weighted by atomic mass is 16.5. The van der Waals surface area contributed by atoms with E-state index in [9.17, 15) is 0 Å². The van der Waals surface area contributed by atoms with Crippen LogP contribution in [0.3, 0.4) is 0 Å². The van der Waals surface area contributed by atoms with Crippen LogP contribution < -0.4 is 9.64 Å². The molecule has 5 nitrogen and oxygen atoms in total. The average Bonchev–Trinajstić information content (AvgIpc) is 2.47. The van der Waals surface area contributed by atoms with Crippen LogP contribution in [0.4, 0.5) is 5.82 Å². The monoisotopic (exact) mass is 268 g/mol. The fourth-order valence-electron chi connectivity index (χ4n) is 1.98. The van der Waals surface area contributed by atoms with Crippen LogP contribution in [-0.4, -0.2) is 24.1 Å². The molecule has 2 aromatic rings. The lowest BCUT2D eigenvalue weighted by Crippen LogP contribution is -2.18. The van der Waals surface area contributed by atoms with Crippen molar-refractivity contribution in [2.45, 2.75) is 13.5 Å². The Balaban J connectivity index is 2.25. The predicted molar refractivity (Wildman–Crippen MR) is 76.6 cm³/mol. The molecule has 0 saturated heterocycles. The SMILES string of the molecule is COc1ccc(C)cc1CN(C)c1cc(C#N)ncn1. The minimum absolute atomic E-state index is 0.359. The molecule has 0 amide bonds. The summed E-state index contributed by atoms with van der Waals surface area (Å²) in [5.74, 6) is 1.55. The second kappa shape index (κ2) is 6.02. The van der Waals surface area contributed by atoms with Gasteiger partial charge in [0, 0.05) is 25.2 Å². The van der Waals surface area contributed by atoms with E-state index < -0.39 is 0 Å². The van der Waals surface area contributed by atoms with E-state index in [1.807, 2.05) is 37.1 Å². The predicted octanol–water partition coefficient (Wildman–Crippen LogP) is 2.30. The minimum Gasteiger partial charge on any atom is -0.496 e. The molecule has 0 aliphatic rings. The molecular formula is C15H16N4O. The lowest BCUT2D eigenvalue weighted by atomic mass is 10.1. The fourth-order valence-corrected chi connectivity index (χ4v) is 1.98. The van der Waals surface area contributed by atoms with Crippen LogP contribution in [0.2, 0.25) is 0 Å². The molecule has 0 aliphatic carbocycles. The number of hydrogen-bond acceptors (Lipinski definition) is 5. The number of methoxy groups -OCH3 is 1. The molecule has 20 heavy (non-hydrogen) atoms. The lowest BCUT2D eigenvalue weighted by molar-refractivity contribution is 0.409. The Morgan fingerprint density at radius 3 is 2.80 bits per heavy atom. The number of ether oxygens (including phenoxy) is 1. The first kappa shape index (κ1) is 13.8. The molecule has 1 aromatic carbocycles. The molecule has 0 radical (unpaired) electrons. The van der Waals surface area contributed by atoms with Crippen LogP contribution >= 0.6 is 0 Å². The highest BCUT2D eigenvalue weighted by Crippen LogP contribution is 2.22. The fraction of sp³-hybridized carbons (Fsp3) is 0.267. The van der Waals surface area contributed by atoms with Crippen LogP contribution in [0.25, 0.3) is 0 Å². The summed E-state index contributed by atoms with van der Waals surface area (Å²) < 4.78 is 5.37. The van der Waals surface area contributed by atoms with Gasteiger partial charge in [-0.1, -0.05) is 17.7 Å². The van der Waals surface area contributed by atoms with E-state index in [0.717, 1.165) is 11.3 Å². The molecule has 5 heteroatoms. The van der Waals surface area contributed by atoms with Crippen molar-refractivity contribution in [1.29, 1.82) is 5.26 Å². The van der Waals surface area contributed by atoms with Gasteiger partial charge in [0.25, 0.3) is 0 Å². The molecule has 2 rings (SSSR count). The summed E-state index contributed by atoms with van der Waals surface area (Å²) in [6.07, 6.45) is 1.40. The molecule has 0 spiro atoms. The summed E-state index contributed by atoms with van der Waals surface area (Å²) in [6, 6.07) is 9.74. The number of benzene rings is 1. The maximum absolute atomic E-state index is 8.87. The Morgan fingerprint density at radius 1 is 1.30 bits per heavy atom. The third-order valence-electron chi connectivity index (χ3n) is 3.00. The van der Waals surface area contributed by atoms with Crippen molar-refractivity contribution in [2.24, 2.45) is 0 Å². The Kier molecular flexibility index (Phi) is 4.16. The van der Waals surface area contributed by atoms with Gasteiger partial charge in [-0.05, 0) is 13.0 Å². The summed E-state index contributed by atoms with van der Waals surface area (Å²) in [6.45, 7) is 2.69. The average molecular weight is 268 g/mol. The lowest BCUT2D eigenvalue weighted by Gasteiger charge is -2.20. The van der Waals surface area contributed by atoms with Crippen molar-refractivity contribution in [3.05, 3.63) is 47.4 Å². The largest absolute Gasteiger partial charge is 0.496 e. The first-order valence-corrected chi connectivity index (χ1v) is 6.21. The normalized spacial score (nSPS) is 9.90. The van der Waals surface area contributed by atoms with E-state index in [2.05, 4.69) is 16.0 Å². The van der Waals surface area contributed by atoms with Crippen molar-refractivity contribution < 1.29 is 4.74 Å². The molecule has 102 valence electrons. The molecular weight excluding hydrogens is 252 g/mol. The zero-order valence-electron chi connectivity index (χ0n) is 11.8. The zero-order chi connectivity index (χ0) is 14.5. The quantitative estimate of drug-likeness (QED) is 0.851. The Hall–Kier alpha value is -2.61. The van der Waals surface area contributed by atoms with Crippen molar-refractivity contribution in [3.63, 3.8) is 0 Å². The summed E-state index contributed by atoms with van der Waals surface area (Å²) in [5, 5.41) is 8.87. The van der Waals surface area contributed by atoms with E-state index in [4.69, 9.17) is 10.00 Å². The number of rotatable bonds is 4. The summed E-state index contributed by atoms with van der Waals surface area (Å²) in [7, 11) is 3.58. The van der Waals surface area contributed by atoms with Gasteiger partial charge in [0.05, 0.1) is 7.11 Å². The van der Waals surface area contributed by atoms with Crippen molar-refractivity contribution in [1.82, 2.24) is 9.97 Å². The molecule has 0 unspecified atom stereocenters. The Morgan fingerprint density at radius 2 is 2.10 bits per heavy atom. The number of aromatic nitrogens is 2. The van der Waals surface area contributed by atoms with Gasteiger partial charge in [-0.2, -0.15) is 5.26 Å². The van der Waals surface area contributed by atoms with Crippen LogP contribution in [0.5, 0.6) is 5.75 Å². The van der Waals surface area contributed by atoms with E-state index in [1.54, 1.807) is 13.2 Å². The van der Waals surface area contributed by atoms with Crippen LogP contribution in [0.15, 0.2) is 30.6 Å². The van der Waals surface area contributed by atoms with Crippen molar-refractivity contribution >= 4 is 5.82 Å². The first-order chi connectivity index (χ1) is 9.63. The number of hydrogen-bond donors (Lipinski definition) is 0. The Bertz CT molecular complexity index is 649. The van der Waals surface area contributed by atoms with Gasteiger partial charge in [-0.3, -0.25) is 0 Å². The van der Waals surface area contributed by atoms with Gasteiger partial charge in [-0.15, -0.1) is 0 Å². The summed E-state index contributed by atoms with van der Waals surface area (Å²) in [4.78, 5) is 10.0. The molecule has 1 aromatic heterocycles. The number of nitrogens with zero attached hydrogens (tertiary/aromatic N) is 4. The van der Waals surface area contributed by atoms with Gasteiger partial charge < -0.3 is 9.64 Å². The highest BCUT2D eigenvalue weighted by Gasteiger charge is 2.09. The molecule has 0 saturated carbocycles. The first-order valence-electron chi connectivity index (χ1n) is 6.21. The van der Waals surface area contributed by atoms with Gasteiger partial charge in [0.1, 0.15) is 29.7 Å². The molecule has 0 fully saturated rings. The Labute approximate surface area is 118 Å². The number of nitriles is 1. The second-order valence-electron chi connectivity index (χ2n) is 4.54. The standard InChI is InChI=1S/C15H16N4O/c1-11-4-5-14(20-3)12(6-11)9-19(2)15-7-13(8-16)17-10-18-15/h4-7,10H,9H2,1-3H3. The minimum atomic E-state index is 0.359. The van der Waals surface area contributed by atoms with Gasteiger partial charge in [0.15, 0.2) is 0 Å². The number of aryl methyl sites for hydroxylation is 1. The van der Waals surface area contributed by atoms with E-state index in [-0.39, 0.29) is 0 Å². The smallest absolute Gasteiger partial charge is 0.145 e. The van der Waals surface area contributed by atoms with E-state index >= 15 is 0 Å². The van der Waals surface area contributed by atoms with Crippen molar-refractivity contribution in [3.8, 4) is 11.8 Å². The molecule has 0 atom stereocenters.